The van der Waals surface area contributed by atoms with Crippen molar-refractivity contribution < 1.29 is 5.11 Å². The smallest absolute Gasteiger partial charge is 0.243 e. The number of aliphatic hydroxyl groups excluding tert-OH is 1. The Labute approximate surface area is 106 Å². The van der Waals surface area contributed by atoms with E-state index in [0.717, 1.165) is 24.3 Å². The first-order chi connectivity index (χ1) is 8.72. The Balaban J connectivity index is 1.73. The number of aliphatic hydroxyl groups is 1. The topological polar surface area (TPSA) is 62.5 Å². The summed E-state index contributed by atoms with van der Waals surface area (Å²) in [7, 11) is 0. The van der Waals surface area contributed by atoms with Crippen molar-refractivity contribution >= 4 is 11.6 Å². The molecule has 0 bridgehead atoms. The Kier molecular flexibility index (Phi) is 2.70. The van der Waals surface area contributed by atoms with Gasteiger partial charge in [-0.2, -0.15) is 4.98 Å². The molecule has 0 atom stereocenters. The van der Waals surface area contributed by atoms with Crippen LogP contribution in [-0.4, -0.2) is 32.9 Å². The molecule has 3 rings (SSSR count). The largest absolute Gasteiger partial charge is 0.396 e. The van der Waals surface area contributed by atoms with Gasteiger partial charge in [0.1, 0.15) is 0 Å². The van der Waals surface area contributed by atoms with Crippen LogP contribution in [0.2, 0.25) is 0 Å². The first-order valence-corrected chi connectivity index (χ1v) is 6.40. The van der Waals surface area contributed by atoms with E-state index in [1.165, 1.54) is 12.8 Å². The quantitative estimate of drug-likeness (QED) is 0.841. The van der Waals surface area contributed by atoms with Crippen LogP contribution < -0.4 is 5.32 Å². The number of nitrogens with one attached hydrogen (secondary N) is 1. The summed E-state index contributed by atoms with van der Waals surface area (Å²) in [6.45, 7) is 3.13. The van der Waals surface area contributed by atoms with Crippen molar-refractivity contribution in [1.29, 1.82) is 0 Å². The summed E-state index contributed by atoms with van der Waals surface area (Å²) in [6, 6.07) is 5.95. The van der Waals surface area contributed by atoms with Gasteiger partial charge in [0.2, 0.25) is 5.95 Å². The monoisotopic (exact) mass is 246 g/mol. The lowest BCUT2D eigenvalue weighted by Crippen LogP contribution is -2.17. The fourth-order valence-electron chi connectivity index (χ4n) is 2.31. The second-order valence-electron chi connectivity index (χ2n) is 5.20. The lowest BCUT2D eigenvalue weighted by molar-refractivity contribution is 0.253. The van der Waals surface area contributed by atoms with Crippen molar-refractivity contribution in [2.45, 2.75) is 26.2 Å². The predicted molar refractivity (Wildman–Crippen MR) is 69.6 cm³/mol. The normalized spacial score (nSPS) is 17.0. The Bertz CT molecular complexity index is 559. The van der Waals surface area contributed by atoms with Crippen LogP contribution >= 0.6 is 0 Å². The molecule has 0 radical (unpaired) electrons. The number of hydrogen-bond acceptors (Lipinski definition) is 4. The van der Waals surface area contributed by atoms with Crippen molar-refractivity contribution in [2.24, 2.45) is 5.41 Å². The molecule has 0 aromatic carbocycles. The van der Waals surface area contributed by atoms with Gasteiger partial charge in [-0.15, -0.1) is 5.10 Å². The van der Waals surface area contributed by atoms with Crippen LogP contribution in [-0.2, 0) is 0 Å². The van der Waals surface area contributed by atoms with E-state index in [2.05, 4.69) is 15.4 Å². The van der Waals surface area contributed by atoms with E-state index in [1.807, 2.05) is 29.6 Å². The molecule has 18 heavy (non-hydrogen) atoms. The summed E-state index contributed by atoms with van der Waals surface area (Å²) in [6.07, 6.45) is 3.24. The molecule has 5 heteroatoms. The second-order valence-corrected chi connectivity index (χ2v) is 5.20. The van der Waals surface area contributed by atoms with E-state index in [4.69, 9.17) is 5.11 Å². The molecule has 0 spiro atoms. The van der Waals surface area contributed by atoms with E-state index in [1.54, 1.807) is 0 Å². The van der Waals surface area contributed by atoms with Crippen LogP contribution in [0.4, 0.5) is 5.95 Å². The van der Waals surface area contributed by atoms with Gasteiger partial charge in [0.15, 0.2) is 5.65 Å². The minimum atomic E-state index is 0.263. The van der Waals surface area contributed by atoms with Gasteiger partial charge < -0.3 is 10.4 Å². The maximum atomic E-state index is 9.03. The van der Waals surface area contributed by atoms with E-state index in [-0.39, 0.29) is 12.0 Å². The summed E-state index contributed by atoms with van der Waals surface area (Å²) in [5.41, 5.74) is 2.22. The van der Waals surface area contributed by atoms with Crippen LogP contribution in [0.3, 0.4) is 0 Å². The molecule has 5 nitrogen and oxygen atoms in total. The molecule has 2 aromatic rings. The molecule has 1 aliphatic rings. The zero-order valence-corrected chi connectivity index (χ0v) is 10.6. The lowest BCUT2D eigenvalue weighted by atomic mass is 10.0. The molecule has 2 N–H and O–H groups in total. The highest BCUT2D eigenvalue weighted by Crippen LogP contribution is 2.48. The van der Waals surface area contributed by atoms with Gasteiger partial charge >= 0.3 is 0 Å². The Morgan fingerprint density at radius 2 is 2.28 bits per heavy atom. The molecule has 96 valence electrons. The average molecular weight is 246 g/mol. The molecule has 1 aliphatic carbocycles. The van der Waals surface area contributed by atoms with Crippen LogP contribution in [0, 0.1) is 12.3 Å². The standard InChI is InChI=1S/C13H18N4O/c1-10-3-2-4-11-15-12(16-17(10)11)14-9-13(5-6-13)7-8-18/h2-4,18H,5-9H2,1H3,(H,14,16). The van der Waals surface area contributed by atoms with E-state index in [0.29, 0.717) is 5.95 Å². The van der Waals surface area contributed by atoms with E-state index < -0.39 is 0 Å². The highest BCUT2D eigenvalue weighted by molar-refractivity contribution is 5.44. The van der Waals surface area contributed by atoms with Crippen molar-refractivity contribution in [3.8, 4) is 0 Å². The van der Waals surface area contributed by atoms with Gasteiger partial charge in [-0.25, -0.2) is 4.52 Å². The molecule has 0 unspecified atom stereocenters. The van der Waals surface area contributed by atoms with Crippen molar-refractivity contribution in [3.63, 3.8) is 0 Å². The predicted octanol–water partition coefficient (Wildman–Crippen LogP) is 1.61. The molecule has 2 heterocycles. The average Bonchev–Trinajstić information content (AvgIpc) is 2.98. The second kappa shape index (κ2) is 4.24. The molecule has 1 saturated carbocycles. The van der Waals surface area contributed by atoms with Gasteiger partial charge in [0.05, 0.1) is 0 Å². The van der Waals surface area contributed by atoms with Gasteiger partial charge in [-0.3, -0.25) is 0 Å². The van der Waals surface area contributed by atoms with Crippen LogP contribution in [0.5, 0.6) is 0 Å². The van der Waals surface area contributed by atoms with Crippen molar-refractivity contribution in [3.05, 3.63) is 23.9 Å². The molecule has 0 saturated heterocycles. The number of hydrogen-bond donors (Lipinski definition) is 2. The number of aromatic nitrogens is 3. The van der Waals surface area contributed by atoms with Crippen LogP contribution in [0.15, 0.2) is 18.2 Å². The first-order valence-electron chi connectivity index (χ1n) is 6.40. The number of aryl methyl sites for hydroxylation is 1. The number of rotatable bonds is 5. The summed E-state index contributed by atoms with van der Waals surface area (Å²) < 4.78 is 1.84. The zero-order chi connectivity index (χ0) is 12.6. The fraction of sp³-hybridized carbons (Fsp3) is 0.538. The number of pyridine rings is 1. The first kappa shape index (κ1) is 11.5. The SMILES string of the molecule is Cc1cccc2nc(NCC3(CCO)CC3)nn12. The summed E-state index contributed by atoms with van der Waals surface area (Å²) >= 11 is 0. The van der Waals surface area contributed by atoms with Gasteiger partial charge in [-0.1, -0.05) is 6.07 Å². The van der Waals surface area contributed by atoms with Crippen LogP contribution in [0.1, 0.15) is 25.0 Å². The number of fused-ring (bicyclic) bond motifs is 1. The minimum Gasteiger partial charge on any atom is -0.396 e. The lowest BCUT2D eigenvalue weighted by Gasteiger charge is -2.12. The number of anilines is 1. The highest BCUT2D eigenvalue weighted by Gasteiger charge is 2.41. The third kappa shape index (κ3) is 2.06. The third-order valence-electron chi connectivity index (χ3n) is 3.77. The summed E-state index contributed by atoms with van der Waals surface area (Å²) in [5.74, 6) is 0.675. The summed E-state index contributed by atoms with van der Waals surface area (Å²) in [5, 5.41) is 16.8. The van der Waals surface area contributed by atoms with Crippen molar-refractivity contribution in [2.75, 3.05) is 18.5 Å². The number of nitrogens with zero attached hydrogens (tertiary/aromatic N) is 3. The Morgan fingerprint density at radius 3 is 2.94 bits per heavy atom. The van der Waals surface area contributed by atoms with E-state index >= 15 is 0 Å². The molecule has 0 amide bonds. The maximum Gasteiger partial charge on any atom is 0.243 e. The highest BCUT2D eigenvalue weighted by atomic mass is 16.3. The summed E-state index contributed by atoms with van der Waals surface area (Å²) in [4.78, 5) is 4.44. The van der Waals surface area contributed by atoms with Crippen molar-refractivity contribution in [1.82, 2.24) is 14.6 Å². The van der Waals surface area contributed by atoms with Gasteiger partial charge in [0.25, 0.3) is 0 Å². The molecular weight excluding hydrogens is 228 g/mol. The Morgan fingerprint density at radius 1 is 1.44 bits per heavy atom. The van der Waals surface area contributed by atoms with Gasteiger partial charge in [-0.05, 0) is 43.7 Å². The fourth-order valence-corrected chi connectivity index (χ4v) is 2.31. The zero-order valence-electron chi connectivity index (χ0n) is 10.6. The van der Waals surface area contributed by atoms with Crippen LogP contribution in [0.25, 0.3) is 5.65 Å². The maximum absolute atomic E-state index is 9.03. The molecular formula is C13H18N4O. The third-order valence-corrected chi connectivity index (χ3v) is 3.77. The molecule has 1 fully saturated rings. The molecule has 0 aliphatic heterocycles. The minimum absolute atomic E-state index is 0.263. The van der Waals surface area contributed by atoms with Gasteiger partial charge in [0, 0.05) is 18.8 Å². The van der Waals surface area contributed by atoms with E-state index in [9.17, 15) is 0 Å². The Hall–Kier alpha value is -1.62. The molecule has 2 aromatic heterocycles.